The summed E-state index contributed by atoms with van der Waals surface area (Å²) in [5, 5.41) is 10.2. The Morgan fingerprint density at radius 1 is 1.21 bits per heavy atom. The topological polar surface area (TPSA) is 88.0 Å². The molecular weight excluding hydrogens is 420 g/mol. The first-order chi connectivity index (χ1) is 13.6. The largest absolute Gasteiger partial charge is 0.390 e. The Morgan fingerprint density at radius 3 is 2.55 bits per heavy atom. The van der Waals surface area contributed by atoms with E-state index >= 15 is 0 Å². The number of hydrogen-bond acceptors (Lipinski definition) is 4. The molecule has 0 aliphatic carbocycles. The van der Waals surface area contributed by atoms with E-state index in [0.717, 1.165) is 10.6 Å². The minimum atomic E-state index is -1.01. The van der Waals surface area contributed by atoms with Gasteiger partial charge in [0, 0.05) is 11.9 Å². The molecule has 0 radical (unpaired) electrons. The van der Waals surface area contributed by atoms with E-state index in [1.807, 2.05) is 0 Å². The van der Waals surface area contributed by atoms with E-state index in [2.05, 4.69) is 9.97 Å². The Labute approximate surface area is 175 Å². The number of rotatable bonds is 5. The summed E-state index contributed by atoms with van der Waals surface area (Å²) < 4.78 is 14.5. The van der Waals surface area contributed by atoms with Crippen LogP contribution < -0.4 is 11.2 Å². The lowest BCUT2D eigenvalue weighted by atomic mass is 9.97. The van der Waals surface area contributed by atoms with Crippen molar-refractivity contribution >= 4 is 23.2 Å². The van der Waals surface area contributed by atoms with E-state index in [1.165, 1.54) is 30.6 Å². The van der Waals surface area contributed by atoms with Gasteiger partial charge in [0.25, 0.3) is 5.56 Å². The van der Waals surface area contributed by atoms with Crippen LogP contribution in [-0.4, -0.2) is 25.2 Å². The number of hydrogen-bond donors (Lipinski definition) is 2. The molecule has 9 heteroatoms. The van der Waals surface area contributed by atoms with Gasteiger partial charge in [-0.15, -0.1) is 0 Å². The highest BCUT2D eigenvalue weighted by Gasteiger charge is 2.21. The number of aromatic nitrogens is 3. The van der Waals surface area contributed by atoms with Crippen molar-refractivity contribution < 1.29 is 9.50 Å². The van der Waals surface area contributed by atoms with Crippen LogP contribution in [0.25, 0.3) is 16.8 Å². The van der Waals surface area contributed by atoms with Crippen LogP contribution in [-0.2, 0) is 6.42 Å². The van der Waals surface area contributed by atoms with Crippen molar-refractivity contribution in [3.63, 3.8) is 0 Å². The molecule has 3 aromatic rings. The summed E-state index contributed by atoms with van der Waals surface area (Å²) in [6, 6.07) is 5.31. The van der Waals surface area contributed by atoms with Crippen molar-refractivity contribution in [3.05, 3.63) is 79.1 Å². The molecule has 6 nitrogen and oxygen atoms in total. The summed E-state index contributed by atoms with van der Waals surface area (Å²) in [7, 11) is 0. The summed E-state index contributed by atoms with van der Waals surface area (Å²) in [4.78, 5) is 32.6. The van der Waals surface area contributed by atoms with Gasteiger partial charge in [-0.1, -0.05) is 29.3 Å². The van der Waals surface area contributed by atoms with Gasteiger partial charge in [0.15, 0.2) is 0 Å². The second-order valence-corrected chi connectivity index (χ2v) is 8.07. The lowest BCUT2D eigenvalue weighted by molar-refractivity contribution is 0.0711. The van der Waals surface area contributed by atoms with Crippen molar-refractivity contribution in [2.24, 2.45) is 0 Å². The molecule has 0 amide bonds. The maximum atomic E-state index is 13.6. The molecule has 0 saturated carbocycles. The molecule has 2 heterocycles. The van der Waals surface area contributed by atoms with Crippen molar-refractivity contribution in [1.29, 1.82) is 0 Å². The Bertz CT molecular complexity index is 1180. The molecular formula is C20H18Cl2FN3O3. The van der Waals surface area contributed by atoms with Gasteiger partial charge < -0.3 is 10.1 Å². The second kappa shape index (κ2) is 8.10. The third-order valence-corrected chi connectivity index (χ3v) is 4.82. The summed E-state index contributed by atoms with van der Waals surface area (Å²) >= 11 is 11.9. The Hall–Kier alpha value is -2.48. The van der Waals surface area contributed by atoms with Crippen LogP contribution in [0.15, 0.2) is 46.2 Å². The average molecular weight is 438 g/mol. The zero-order valence-corrected chi connectivity index (χ0v) is 17.2. The monoisotopic (exact) mass is 437 g/mol. The molecule has 1 aromatic carbocycles. The zero-order chi connectivity index (χ0) is 21.3. The second-order valence-electron chi connectivity index (χ2n) is 7.23. The first-order valence-electron chi connectivity index (χ1n) is 8.74. The SMILES string of the molecule is CC(C)(O)CCc1[nH]c(=O)n(-c2cncc(Cl)c2)c(=O)c1-c1ccc(F)c(Cl)c1. The van der Waals surface area contributed by atoms with E-state index in [9.17, 15) is 19.1 Å². The summed E-state index contributed by atoms with van der Waals surface area (Å²) in [5.41, 5.74) is -1.33. The molecule has 2 N–H and O–H groups in total. The number of benzene rings is 1. The van der Waals surface area contributed by atoms with Gasteiger partial charge in [-0.25, -0.2) is 13.8 Å². The number of aliphatic hydroxyl groups is 1. The molecule has 0 fully saturated rings. The number of aryl methyl sites for hydroxylation is 1. The molecule has 152 valence electrons. The number of pyridine rings is 1. The molecule has 2 aromatic heterocycles. The van der Waals surface area contributed by atoms with Crippen LogP contribution in [0.5, 0.6) is 0 Å². The molecule has 0 bridgehead atoms. The maximum Gasteiger partial charge on any atom is 0.333 e. The van der Waals surface area contributed by atoms with Gasteiger partial charge >= 0.3 is 5.69 Å². The standard InChI is InChI=1S/C20H18Cl2FN3O3/c1-20(2,29)6-5-16-17(11-3-4-15(23)14(22)7-11)18(27)26(19(28)25-16)13-8-12(21)9-24-10-13/h3-4,7-10,29H,5-6H2,1-2H3,(H,25,28). The van der Waals surface area contributed by atoms with E-state index in [4.69, 9.17) is 23.2 Å². The smallest absolute Gasteiger partial charge is 0.333 e. The summed E-state index contributed by atoms with van der Waals surface area (Å²) in [6.07, 6.45) is 3.21. The lowest BCUT2D eigenvalue weighted by Gasteiger charge is -2.18. The maximum absolute atomic E-state index is 13.6. The molecule has 0 saturated heterocycles. The number of aromatic amines is 1. The molecule has 0 spiro atoms. The number of nitrogens with one attached hydrogen (secondary N) is 1. The normalized spacial score (nSPS) is 11.7. The Morgan fingerprint density at radius 2 is 1.93 bits per heavy atom. The molecule has 0 unspecified atom stereocenters. The predicted octanol–water partition coefficient (Wildman–Crippen LogP) is 3.74. The number of H-pyrrole nitrogens is 1. The van der Waals surface area contributed by atoms with E-state index in [-0.39, 0.29) is 34.1 Å². The third-order valence-electron chi connectivity index (χ3n) is 4.32. The highest BCUT2D eigenvalue weighted by molar-refractivity contribution is 6.31. The van der Waals surface area contributed by atoms with Crippen LogP contribution in [0.4, 0.5) is 4.39 Å². The Balaban J connectivity index is 2.28. The fourth-order valence-electron chi connectivity index (χ4n) is 2.91. The molecule has 3 rings (SSSR count). The van der Waals surface area contributed by atoms with Crippen LogP contribution in [0.2, 0.25) is 10.0 Å². The number of nitrogens with zero attached hydrogens (tertiary/aromatic N) is 2. The zero-order valence-electron chi connectivity index (χ0n) is 15.7. The highest BCUT2D eigenvalue weighted by Crippen LogP contribution is 2.26. The first kappa shape index (κ1) is 21.2. The fourth-order valence-corrected chi connectivity index (χ4v) is 3.25. The lowest BCUT2D eigenvalue weighted by Crippen LogP contribution is -2.36. The van der Waals surface area contributed by atoms with Gasteiger partial charge in [-0.3, -0.25) is 9.78 Å². The third kappa shape index (κ3) is 4.75. The summed E-state index contributed by atoms with van der Waals surface area (Å²) in [6.45, 7) is 3.25. The van der Waals surface area contributed by atoms with Gasteiger partial charge in [0.1, 0.15) is 5.82 Å². The Kier molecular flexibility index (Phi) is 5.93. The van der Waals surface area contributed by atoms with Crippen LogP contribution >= 0.6 is 23.2 Å². The van der Waals surface area contributed by atoms with E-state index in [1.54, 1.807) is 13.8 Å². The minimum absolute atomic E-state index is 0.149. The van der Waals surface area contributed by atoms with Crippen molar-refractivity contribution in [2.75, 3.05) is 0 Å². The molecule has 0 atom stereocenters. The quantitative estimate of drug-likeness (QED) is 0.636. The molecule has 29 heavy (non-hydrogen) atoms. The van der Waals surface area contributed by atoms with Gasteiger partial charge in [0.2, 0.25) is 0 Å². The van der Waals surface area contributed by atoms with E-state index < -0.39 is 22.7 Å². The molecule has 0 aliphatic rings. The minimum Gasteiger partial charge on any atom is -0.390 e. The highest BCUT2D eigenvalue weighted by atomic mass is 35.5. The van der Waals surface area contributed by atoms with Gasteiger partial charge in [-0.2, -0.15) is 0 Å². The van der Waals surface area contributed by atoms with Crippen molar-refractivity contribution in [1.82, 2.24) is 14.5 Å². The average Bonchev–Trinajstić information content (AvgIpc) is 2.62. The van der Waals surface area contributed by atoms with Gasteiger partial charge in [0.05, 0.1) is 33.1 Å². The van der Waals surface area contributed by atoms with Gasteiger partial charge in [-0.05, 0) is 50.5 Å². The van der Waals surface area contributed by atoms with Crippen LogP contribution in [0.3, 0.4) is 0 Å². The van der Waals surface area contributed by atoms with E-state index in [0.29, 0.717) is 11.3 Å². The van der Waals surface area contributed by atoms with Crippen LogP contribution in [0, 0.1) is 5.82 Å². The first-order valence-corrected chi connectivity index (χ1v) is 9.49. The van der Waals surface area contributed by atoms with Crippen molar-refractivity contribution in [3.8, 4) is 16.8 Å². The predicted molar refractivity (Wildman–Crippen MR) is 110 cm³/mol. The van der Waals surface area contributed by atoms with Crippen LogP contribution in [0.1, 0.15) is 26.0 Å². The summed E-state index contributed by atoms with van der Waals surface area (Å²) in [5.74, 6) is -0.628. The van der Waals surface area contributed by atoms with Crippen molar-refractivity contribution in [2.45, 2.75) is 32.3 Å². The molecule has 0 aliphatic heterocycles. The fraction of sp³-hybridized carbons (Fsp3) is 0.250. The number of halogens is 3.